The van der Waals surface area contributed by atoms with Crippen molar-refractivity contribution in [3.8, 4) is 5.75 Å². The average molecular weight is 302 g/mol. The fourth-order valence-corrected chi connectivity index (χ4v) is 2.60. The number of ether oxygens (including phenoxy) is 1. The van der Waals surface area contributed by atoms with Crippen molar-refractivity contribution in [3.05, 3.63) is 41.7 Å². The van der Waals surface area contributed by atoms with Gasteiger partial charge in [0, 0.05) is 19.6 Å². The average Bonchev–Trinajstić information content (AvgIpc) is 2.92. The maximum absolute atomic E-state index is 9.93. The van der Waals surface area contributed by atoms with Gasteiger partial charge in [0.2, 0.25) is 0 Å². The first-order valence-corrected chi connectivity index (χ1v) is 7.45. The van der Waals surface area contributed by atoms with Gasteiger partial charge >= 0.3 is 0 Å². The molecule has 0 spiro atoms. The Morgan fingerprint density at radius 2 is 2.14 bits per heavy atom. The van der Waals surface area contributed by atoms with Crippen molar-refractivity contribution in [2.45, 2.75) is 32.0 Å². The highest BCUT2D eigenvalue weighted by molar-refractivity contribution is 5.28. The highest BCUT2D eigenvalue weighted by atomic mass is 16.5. The summed E-state index contributed by atoms with van der Waals surface area (Å²) in [5.74, 6) is 0.890. The van der Waals surface area contributed by atoms with Crippen LogP contribution in [0.3, 0.4) is 0 Å². The summed E-state index contributed by atoms with van der Waals surface area (Å²) in [6.07, 6.45) is 1.84. The van der Waals surface area contributed by atoms with Gasteiger partial charge in [0.1, 0.15) is 17.0 Å². The van der Waals surface area contributed by atoms with Crippen molar-refractivity contribution in [2.75, 3.05) is 20.2 Å². The second-order valence-corrected chi connectivity index (χ2v) is 6.34. The molecule has 2 heterocycles. The van der Waals surface area contributed by atoms with Gasteiger partial charge in [-0.05, 0) is 31.5 Å². The van der Waals surface area contributed by atoms with Crippen LogP contribution in [0.5, 0.6) is 5.75 Å². The van der Waals surface area contributed by atoms with Crippen LogP contribution in [0.1, 0.15) is 31.1 Å². The molecule has 22 heavy (non-hydrogen) atoms. The van der Waals surface area contributed by atoms with Crippen LogP contribution in [0.15, 0.2) is 30.5 Å². The number of likely N-dealkylation sites (tertiary alicyclic amines) is 1. The van der Waals surface area contributed by atoms with E-state index in [1.54, 1.807) is 21.0 Å². The first-order chi connectivity index (χ1) is 10.5. The van der Waals surface area contributed by atoms with E-state index in [0.717, 1.165) is 25.4 Å². The lowest BCUT2D eigenvalue weighted by molar-refractivity contribution is 0.0731. The summed E-state index contributed by atoms with van der Waals surface area (Å²) in [6.45, 7) is 6.22. The number of aromatic nitrogens is 3. The van der Waals surface area contributed by atoms with Gasteiger partial charge in [-0.2, -0.15) is 0 Å². The molecule has 0 atom stereocenters. The molecule has 1 saturated heterocycles. The van der Waals surface area contributed by atoms with Gasteiger partial charge in [-0.25, -0.2) is 4.68 Å². The van der Waals surface area contributed by atoms with Crippen molar-refractivity contribution in [2.24, 2.45) is 0 Å². The molecule has 0 saturated carbocycles. The molecule has 1 N–H and O–H groups in total. The molecule has 118 valence electrons. The number of rotatable bonds is 5. The summed E-state index contributed by atoms with van der Waals surface area (Å²) >= 11 is 0. The Hall–Kier alpha value is -1.92. The van der Waals surface area contributed by atoms with Gasteiger partial charge in [0.25, 0.3) is 0 Å². The number of benzene rings is 1. The maximum atomic E-state index is 9.93. The van der Waals surface area contributed by atoms with Gasteiger partial charge in [0.15, 0.2) is 0 Å². The summed E-state index contributed by atoms with van der Waals surface area (Å²) in [5, 5.41) is 18.1. The van der Waals surface area contributed by atoms with E-state index in [1.165, 1.54) is 5.56 Å². The molecule has 1 fully saturated rings. The van der Waals surface area contributed by atoms with Crippen molar-refractivity contribution >= 4 is 0 Å². The van der Waals surface area contributed by atoms with E-state index in [1.807, 2.05) is 23.0 Å². The third-order valence-electron chi connectivity index (χ3n) is 3.99. The molecule has 1 aliphatic rings. The summed E-state index contributed by atoms with van der Waals surface area (Å²) in [5.41, 5.74) is 0.912. The van der Waals surface area contributed by atoms with Crippen LogP contribution >= 0.6 is 0 Å². The molecule has 0 aliphatic carbocycles. The summed E-state index contributed by atoms with van der Waals surface area (Å²) in [4.78, 5) is 2.35. The number of nitrogens with zero attached hydrogens (tertiary/aromatic N) is 4. The Kier molecular flexibility index (Phi) is 3.88. The molecule has 0 radical (unpaired) electrons. The third-order valence-corrected chi connectivity index (χ3v) is 3.99. The highest BCUT2D eigenvalue weighted by Crippen LogP contribution is 2.25. The van der Waals surface area contributed by atoms with Gasteiger partial charge in [-0.1, -0.05) is 17.3 Å². The van der Waals surface area contributed by atoms with Crippen LogP contribution < -0.4 is 4.74 Å². The van der Waals surface area contributed by atoms with Gasteiger partial charge in [-0.3, -0.25) is 4.90 Å². The first kappa shape index (κ1) is 15.0. The summed E-state index contributed by atoms with van der Waals surface area (Å²) in [7, 11) is 1.68. The molecule has 1 aromatic heterocycles. The zero-order valence-corrected chi connectivity index (χ0v) is 13.2. The summed E-state index contributed by atoms with van der Waals surface area (Å²) in [6, 6.07) is 8.47. The topological polar surface area (TPSA) is 63.4 Å². The normalized spacial score (nSPS) is 16.5. The maximum Gasteiger partial charge on any atom is 0.119 e. The van der Waals surface area contributed by atoms with Crippen molar-refractivity contribution in [3.63, 3.8) is 0 Å². The molecule has 6 heteroatoms. The quantitative estimate of drug-likeness (QED) is 0.908. The molecule has 1 aromatic carbocycles. The van der Waals surface area contributed by atoms with E-state index in [9.17, 15) is 5.11 Å². The van der Waals surface area contributed by atoms with E-state index < -0.39 is 5.60 Å². The Bertz CT molecular complexity index is 642. The minimum atomic E-state index is -0.942. The van der Waals surface area contributed by atoms with Crippen LogP contribution in [-0.4, -0.2) is 45.2 Å². The predicted molar refractivity (Wildman–Crippen MR) is 82.6 cm³/mol. The molecular weight excluding hydrogens is 280 g/mol. The molecule has 6 nitrogen and oxygen atoms in total. The number of hydrogen-bond donors (Lipinski definition) is 1. The fraction of sp³-hybridized carbons (Fsp3) is 0.500. The monoisotopic (exact) mass is 302 g/mol. The van der Waals surface area contributed by atoms with E-state index >= 15 is 0 Å². The number of methoxy groups -OCH3 is 1. The second kappa shape index (κ2) is 5.70. The lowest BCUT2D eigenvalue weighted by atomic mass is 10.1. The molecule has 3 rings (SSSR count). The van der Waals surface area contributed by atoms with E-state index in [2.05, 4.69) is 27.3 Å². The smallest absolute Gasteiger partial charge is 0.119 e. The third kappa shape index (κ3) is 3.13. The Balaban J connectivity index is 1.56. The second-order valence-electron chi connectivity index (χ2n) is 6.34. The van der Waals surface area contributed by atoms with Crippen LogP contribution in [0.4, 0.5) is 0 Å². The lowest BCUT2D eigenvalue weighted by Gasteiger charge is -2.38. The molecule has 2 aromatic rings. The Morgan fingerprint density at radius 3 is 2.77 bits per heavy atom. The Labute approximate surface area is 130 Å². The minimum Gasteiger partial charge on any atom is -0.497 e. The SMILES string of the molecule is COc1cccc(CN2CC(n3cc(C(C)(C)O)nn3)C2)c1. The van der Waals surface area contributed by atoms with Gasteiger partial charge in [-0.15, -0.1) is 5.10 Å². The minimum absolute atomic E-state index is 0.328. The van der Waals surface area contributed by atoms with Gasteiger partial charge < -0.3 is 9.84 Å². The van der Waals surface area contributed by atoms with Crippen LogP contribution in [0.2, 0.25) is 0 Å². The zero-order valence-electron chi connectivity index (χ0n) is 13.2. The predicted octanol–water partition coefficient (Wildman–Crippen LogP) is 1.57. The number of hydrogen-bond acceptors (Lipinski definition) is 5. The van der Waals surface area contributed by atoms with Crippen molar-refractivity contribution in [1.29, 1.82) is 0 Å². The summed E-state index contributed by atoms with van der Waals surface area (Å²) < 4.78 is 7.11. The largest absolute Gasteiger partial charge is 0.497 e. The zero-order chi connectivity index (χ0) is 15.7. The van der Waals surface area contributed by atoms with Crippen LogP contribution in [-0.2, 0) is 12.1 Å². The van der Waals surface area contributed by atoms with Crippen molar-refractivity contribution in [1.82, 2.24) is 19.9 Å². The van der Waals surface area contributed by atoms with E-state index in [4.69, 9.17) is 4.74 Å². The fourth-order valence-electron chi connectivity index (χ4n) is 2.60. The molecular formula is C16H22N4O2. The first-order valence-electron chi connectivity index (χ1n) is 7.45. The van der Waals surface area contributed by atoms with Gasteiger partial charge in [0.05, 0.1) is 19.3 Å². The van der Waals surface area contributed by atoms with Crippen molar-refractivity contribution < 1.29 is 9.84 Å². The van der Waals surface area contributed by atoms with E-state index in [0.29, 0.717) is 11.7 Å². The van der Waals surface area contributed by atoms with E-state index in [-0.39, 0.29) is 0 Å². The molecule has 1 aliphatic heterocycles. The lowest BCUT2D eigenvalue weighted by Crippen LogP contribution is -2.47. The standard InChI is InChI=1S/C16H22N4O2/c1-16(2,21)15-11-20(18-17-15)13-9-19(10-13)8-12-5-4-6-14(7-12)22-3/h4-7,11,13,21H,8-10H2,1-3H3. The van der Waals surface area contributed by atoms with Crippen LogP contribution in [0.25, 0.3) is 0 Å². The molecule has 0 amide bonds. The molecule has 0 unspecified atom stereocenters. The highest BCUT2D eigenvalue weighted by Gasteiger charge is 2.30. The molecule has 0 bridgehead atoms. The van der Waals surface area contributed by atoms with Crippen LogP contribution in [0, 0.1) is 0 Å². The Morgan fingerprint density at radius 1 is 1.36 bits per heavy atom. The number of aliphatic hydroxyl groups is 1.